The van der Waals surface area contributed by atoms with E-state index in [1.165, 1.54) is 12.3 Å². The van der Waals surface area contributed by atoms with E-state index >= 15 is 0 Å². The molecule has 1 aliphatic rings. The Morgan fingerprint density at radius 2 is 2.25 bits per heavy atom. The number of anilines is 1. The molecule has 0 radical (unpaired) electrons. The molecular formula is C10H13N3O3. The molecule has 0 bridgehead atoms. The normalized spacial score (nSPS) is 14.6. The van der Waals surface area contributed by atoms with Crippen LogP contribution in [0, 0.1) is 10.1 Å². The Labute approximate surface area is 93.0 Å². The van der Waals surface area contributed by atoms with E-state index in [-0.39, 0.29) is 11.9 Å². The van der Waals surface area contributed by atoms with E-state index in [2.05, 4.69) is 4.98 Å². The van der Waals surface area contributed by atoms with Crippen LogP contribution in [0.15, 0.2) is 12.3 Å². The topological polar surface area (TPSA) is 68.5 Å². The minimum Gasteiger partial charge on any atom is -0.484 e. The average molecular weight is 223 g/mol. The Kier molecular flexibility index (Phi) is 2.64. The molecule has 6 nitrogen and oxygen atoms in total. The van der Waals surface area contributed by atoms with Crippen LogP contribution in [0.3, 0.4) is 0 Å². The number of aromatic nitrogens is 1. The van der Waals surface area contributed by atoms with Crippen molar-refractivity contribution in [3.05, 3.63) is 22.4 Å². The molecule has 1 heterocycles. The van der Waals surface area contributed by atoms with Crippen LogP contribution in [0.5, 0.6) is 5.75 Å². The van der Waals surface area contributed by atoms with Gasteiger partial charge in [-0.2, -0.15) is 0 Å². The smallest absolute Gasteiger partial charge is 0.365 e. The molecule has 0 unspecified atom stereocenters. The zero-order valence-electron chi connectivity index (χ0n) is 9.21. The van der Waals surface area contributed by atoms with Gasteiger partial charge in [0.1, 0.15) is 0 Å². The van der Waals surface area contributed by atoms with Crippen molar-refractivity contribution in [2.24, 2.45) is 0 Å². The third-order valence-corrected chi connectivity index (χ3v) is 2.32. The molecule has 0 spiro atoms. The largest absolute Gasteiger partial charge is 0.484 e. The van der Waals surface area contributed by atoms with Crippen LogP contribution in [0.1, 0.15) is 12.8 Å². The zero-order valence-corrected chi connectivity index (χ0v) is 9.21. The predicted molar refractivity (Wildman–Crippen MR) is 58.9 cm³/mol. The Morgan fingerprint density at radius 3 is 2.75 bits per heavy atom. The highest BCUT2D eigenvalue weighted by Crippen LogP contribution is 2.34. The highest BCUT2D eigenvalue weighted by atomic mass is 16.6. The van der Waals surface area contributed by atoms with Crippen LogP contribution in [0.4, 0.5) is 11.5 Å². The van der Waals surface area contributed by atoms with Crippen LogP contribution in [-0.4, -0.2) is 30.1 Å². The SMILES string of the molecule is CN(C)c1cc([N+](=O)[O-])ncc1OC1CC1. The summed E-state index contributed by atoms with van der Waals surface area (Å²) in [5, 5.41) is 10.6. The molecule has 1 aromatic rings. The summed E-state index contributed by atoms with van der Waals surface area (Å²) in [6, 6.07) is 1.43. The van der Waals surface area contributed by atoms with Gasteiger partial charge in [0, 0.05) is 14.1 Å². The number of rotatable bonds is 4. The van der Waals surface area contributed by atoms with Gasteiger partial charge in [-0.15, -0.1) is 0 Å². The van der Waals surface area contributed by atoms with E-state index < -0.39 is 4.92 Å². The quantitative estimate of drug-likeness (QED) is 0.572. The van der Waals surface area contributed by atoms with Crippen molar-refractivity contribution < 1.29 is 9.66 Å². The summed E-state index contributed by atoms with van der Waals surface area (Å²) in [5.41, 5.74) is 0.689. The summed E-state index contributed by atoms with van der Waals surface area (Å²) in [6.45, 7) is 0. The second-order valence-corrected chi connectivity index (χ2v) is 3.98. The van der Waals surface area contributed by atoms with Crippen LogP contribution < -0.4 is 9.64 Å². The van der Waals surface area contributed by atoms with Crippen molar-refractivity contribution in [3.63, 3.8) is 0 Å². The molecule has 1 fully saturated rings. The van der Waals surface area contributed by atoms with Gasteiger partial charge in [-0.1, -0.05) is 0 Å². The maximum Gasteiger partial charge on any atom is 0.365 e. The number of pyridine rings is 1. The van der Waals surface area contributed by atoms with Crippen molar-refractivity contribution in [2.75, 3.05) is 19.0 Å². The second kappa shape index (κ2) is 3.96. The van der Waals surface area contributed by atoms with Crippen LogP contribution >= 0.6 is 0 Å². The number of hydrogen-bond acceptors (Lipinski definition) is 5. The summed E-state index contributed by atoms with van der Waals surface area (Å²) >= 11 is 0. The molecule has 0 atom stereocenters. The van der Waals surface area contributed by atoms with Gasteiger partial charge in [-0.05, 0) is 22.7 Å². The summed E-state index contributed by atoms with van der Waals surface area (Å²) in [4.78, 5) is 15.6. The highest BCUT2D eigenvalue weighted by Gasteiger charge is 2.26. The first-order valence-electron chi connectivity index (χ1n) is 5.06. The monoisotopic (exact) mass is 223 g/mol. The highest BCUT2D eigenvalue weighted by molar-refractivity contribution is 5.59. The molecule has 1 aromatic heterocycles. The Morgan fingerprint density at radius 1 is 1.56 bits per heavy atom. The van der Waals surface area contributed by atoms with Gasteiger partial charge < -0.3 is 19.8 Å². The molecule has 0 N–H and O–H groups in total. The molecule has 0 aromatic carbocycles. The molecule has 0 saturated heterocycles. The summed E-state index contributed by atoms with van der Waals surface area (Å²) in [6.07, 6.45) is 3.77. The summed E-state index contributed by atoms with van der Waals surface area (Å²) < 4.78 is 5.63. The van der Waals surface area contributed by atoms with Crippen LogP contribution in [0.2, 0.25) is 0 Å². The fraction of sp³-hybridized carbons (Fsp3) is 0.500. The molecule has 1 aliphatic carbocycles. The fourth-order valence-electron chi connectivity index (χ4n) is 1.33. The lowest BCUT2D eigenvalue weighted by Gasteiger charge is -2.15. The second-order valence-electron chi connectivity index (χ2n) is 3.98. The summed E-state index contributed by atoms with van der Waals surface area (Å²) in [5.74, 6) is 0.449. The molecule has 2 rings (SSSR count). The summed E-state index contributed by atoms with van der Waals surface area (Å²) in [7, 11) is 3.64. The van der Waals surface area contributed by atoms with Gasteiger partial charge in [0.25, 0.3) is 0 Å². The van der Waals surface area contributed by atoms with E-state index in [9.17, 15) is 10.1 Å². The molecule has 16 heavy (non-hydrogen) atoms. The van der Waals surface area contributed by atoms with E-state index in [1.807, 2.05) is 14.1 Å². The predicted octanol–water partition coefficient (Wildman–Crippen LogP) is 1.60. The Balaban J connectivity index is 2.31. The van der Waals surface area contributed by atoms with Gasteiger partial charge in [0.2, 0.25) is 0 Å². The van der Waals surface area contributed by atoms with E-state index in [4.69, 9.17) is 4.74 Å². The first-order valence-corrected chi connectivity index (χ1v) is 5.06. The van der Waals surface area contributed by atoms with Gasteiger partial charge in [0.15, 0.2) is 11.9 Å². The molecular weight excluding hydrogens is 210 g/mol. The van der Waals surface area contributed by atoms with Crippen molar-refractivity contribution in [1.29, 1.82) is 0 Å². The maximum absolute atomic E-state index is 10.6. The molecule has 0 aliphatic heterocycles. The lowest BCUT2D eigenvalue weighted by molar-refractivity contribution is -0.389. The van der Waals surface area contributed by atoms with E-state index in [0.29, 0.717) is 11.4 Å². The van der Waals surface area contributed by atoms with Crippen LogP contribution in [-0.2, 0) is 0 Å². The van der Waals surface area contributed by atoms with Crippen LogP contribution in [0.25, 0.3) is 0 Å². The third-order valence-electron chi connectivity index (χ3n) is 2.32. The number of hydrogen-bond donors (Lipinski definition) is 0. The molecule has 0 amide bonds. The number of ether oxygens (including phenoxy) is 1. The molecule has 1 saturated carbocycles. The van der Waals surface area contributed by atoms with Crippen molar-refractivity contribution >= 4 is 11.5 Å². The number of nitro groups is 1. The zero-order chi connectivity index (χ0) is 11.7. The van der Waals surface area contributed by atoms with Crippen molar-refractivity contribution in [3.8, 4) is 5.75 Å². The first kappa shape index (κ1) is 10.7. The third kappa shape index (κ3) is 2.21. The lowest BCUT2D eigenvalue weighted by atomic mass is 10.3. The minimum absolute atomic E-state index is 0.160. The lowest BCUT2D eigenvalue weighted by Crippen LogP contribution is -2.12. The molecule has 6 heteroatoms. The van der Waals surface area contributed by atoms with E-state index in [0.717, 1.165) is 12.8 Å². The van der Waals surface area contributed by atoms with E-state index in [1.54, 1.807) is 4.90 Å². The Hall–Kier alpha value is -1.85. The number of nitrogens with zero attached hydrogens (tertiary/aromatic N) is 3. The average Bonchev–Trinajstić information content (AvgIpc) is 3.01. The Bertz CT molecular complexity index is 416. The van der Waals surface area contributed by atoms with Gasteiger partial charge >= 0.3 is 5.82 Å². The van der Waals surface area contributed by atoms with Gasteiger partial charge in [-0.3, -0.25) is 0 Å². The van der Waals surface area contributed by atoms with Crippen molar-refractivity contribution in [2.45, 2.75) is 18.9 Å². The van der Waals surface area contributed by atoms with Gasteiger partial charge in [-0.25, -0.2) is 0 Å². The van der Waals surface area contributed by atoms with Crippen molar-refractivity contribution in [1.82, 2.24) is 4.98 Å². The first-order chi connectivity index (χ1) is 7.58. The van der Waals surface area contributed by atoms with Gasteiger partial charge in [0.05, 0.1) is 17.9 Å². The maximum atomic E-state index is 10.6. The standard InChI is InChI=1S/C10H13N3O3/c1-12(2)8-5-10(13(14)15)11-6-9(8)16-7-3-4-7/h5-7H,3-4H2,1-2H3. The minimum atomic E-state index is -0.506. The molecule has 86 valence electrons. The fourth-order valence-corrected chi connectivity index (χ4v) is 1.33.